The minimum Gasteiger partial charge on any atom is -0.476 e. The largest absolute Gasteiger partial charge is 0.476 e. The number of hydrogen-bond acceptors (Lipinski definition) is 8. The van der Waals surface area contributed by atoms with Crippen LogP contribution in [0, 0.1) is 11.5 Å². The van der Waals surface area contributed by atoms with Crippen molar-refractivity contribution in [3.63, 3.8) is 0 Å². The molecule has 12 nitrogen and oxygen atoms in total. The number of nitrogens with zero attached hydrogens (tertiary/aromatic N) is 5. The van der Waals surface area contributed by atoms with E-state index in [1.54, 1.807) is 13.1 Å². The lowest BCUT2D eigenvalue weighted by Crippen LogP contribution is -2.57. The third-order valence-electron chi connectivity index (χ3n) is 7.18. The molecule has 0 unspecified atom stereocenters. The first-order valence-electron chi connectivity index (χ1n) is 12.5. The molecule has 3 aliphatic rings. The van der Waals surface area contributed by atoms with Gasteiger partial charge in [-0.1, -0.05) is 0 Å². The number of carbonyl (C=O) groups is 2. The van der Waals surface area contributed by atoms with E-state index in [9.17, 15) is 9.59 Å². The lowest BCUT2D eigenvalue weighted by molar-refractivity contribution is 0.0775. The van der Waals surface area contributed by atoms with Gasteiger partial charge in [0.1, 0.15) is 23.5 Å². The number of amides is 2. The van der Waals surface area contributed by atoms with Gasteiger partial charge in [0.2, 0.25) is 18.0 Å². The van der Waals surface area contributed by atoms with Crippen molar-refractivity contribution in [2.24, 2.45) is 4.99 Å². The summed E-state index contributed by atoms with van der Waals surface area (Å²) in [6.07, 6.45) is 6.71. The second-order valence-corrected chi connectivity index (χ2v) is 9.38. The van der Waals surface area contributed by atoms with Gasteiger partial charge in [-0.15, -0.1) is 4.99 Å². The molecule has 0 bridgehead atoms. The molecule has 2 aromatic rings. The highest BCUT2D eigenvalue weighted by molar-refractivity contribution is 6.13. The highest BCUT2D eigenvalue weighted by Crippen LogP contribution is 2.40. The molecule has 2 aromatic heterocycles. The van der Waals surface area contributed by atoms with Crippen LogP contribution in [0.15, 0.2) is 27.8 Å². The van der Waals surface area contributed by atoms with Crippen molar-refractivity contribution in [2.75, 3.05) is 50.1 Å². The molecule has 1 saturated carbocycles. The quantitative estimate of drug-likeness (QED) is 0.313. The van der Waals surface area contributed by atoms with Crippen molar-refractivity contribution in [1.29, 1.82) is 5.26 Å². The molecule has 1 saturated heterocycles. The smallest absolute Gasteiger partial charge is 0.259 e. The Balaban J connectivity index is 1.30. The zero-order chi connectivity index (χ0) is 26.0. The van der Waals surface area contributed by atoms with Gasteiger partial charge in [-0.25, -0.2) is 0 Å². The number of anilines is 2. The van der Waals surface area contributed by atoms with Gasteiger partial charge in [0.25, 0.3) is 11.8 Å². The molecule has 1 aliphatic carbocycles. The maximum Gasteiger partial charge on any atom is 0.259 e. The van der Waals surface area contributed by atoms with E-state index in [1.165, 1.54) is 6.26 Å². The number of hydrogen-bond donors (Lipinski definition) is 3. The number of aliphatic imine (C=N–C) groups is 1. The van der Waals surface area contributed by atoms with Gasteiger partial charge in [-0.05, 0) is 38.3 Å². The minimum atomic E-state index is -0.454. The number of nitriles is 1. The Hall–Kier alpha value is -4.27. The summed E-state index contributed by atoms with van der Waals surface area (Å²) in [6, 6.07) is 3.58. The van der Waals surface area contributed by atoms with Crippen LogP contribution in [0.1, 0.15) is 52.7 Å². The predicted octanol–water partition coefficient (Wildman–Crippen LogP) is 1.71. The van der Waals surface area contributed by atoms with Gasteiger partial charge < -0.3 is 34.9 Å². The van der Waals surface area contributed by atoms with Gasteiger partial charge >= 0.3 is 0 Å². The van der Waals surface area contributed by atoms with Crippen LogP contribution in [0.2, 0.25) is 0 Å². The summed E-state index contributed by atoms with van der Waals surface area (Å²) in [4.78, 5) is 38.6. The second-order valence-electron chi connectivity index (χ2n) is 9.38. The van der Waals surface area contributed by atoms with Crippen molar-refractivity contribution in [3.8, 4) is 12.1 Å². The topological polar surface area (TPSA) is 148 Å². The summed E-state index contributed by atoms with van der Waals surface area (Å²) in [5.74, 6) is 1.40. The Kier molecular flexibility index (Phi) is 6.60. The first-order chi connectivity index (χ1) is 18.0. The number of rotatable bonds is 5. The zero-order valence-corrected chi connectivity index (χ0v) is 21.0. The van der Waals surface area contributed by atoms with Gasteiger partial charge in [0.05, 0.1) is 17.7 Å². The summed E-state index contributed by atoms with van der Waals surface area (Å²) >= 11 is 0. The molecule has 0 radical (unpaired) electrons. The molecule has 37 heavy (non-hydrogen) atoms. The normalized spacial score (nSPS) is 18.4. The van der Waals surface area contributed by atoms with Crippen LogP contribution in [0.3, 0.4) is 0 Å². The van der Waals surface area contributed by atoms with E-state index in [-0.39, 0.29) is 17.0 Å². The predicted molar refractivity (Wildman–Crippen MR) is 136 cm³/mol. The SMILES string of the molecule is CCOc1nc(N2CCN(C(=NC#N)NC)CC2)ccc1NC(=O)c1coc2c1C(=O)NC1(CCC1)C2. The Morgan fingerprint density at radius 1 is 1.32 bits per heavy atom. The van der Waals surface area contributed by atoms with E-state index >= 15 is 0 Å². The van der Waals surface area contributed by atoms with Crippen LogP contribution < -0.4 is 25.6 Å². The van der Waals surface area contributed by atoms with Crippen molar-refractivity contribution in [2.45, 2.75) is 38.1 Å². The molecule has 0 atom stereocenters. The van der Waals surface area contributed by atoms with Crippen LogP contribution in [0.5, 0.6) is 5.88 Å². The fourth-order valence-electron chi connectivity index (χ4n) is 5.12. The highest BCUT2D eigenvalue weighted by atomic mass is 16.5. The molecule has 2 fully saturated rings. The first-order valence-corrected chi connectivity index (χ1v) is 12.5. The van der Waals surface area contributed by atoms with E-state index in [0.717, 1.165) is 25.1 Å². The third kappa shape index (κ3) is 4.64. The average molecular weight is 507 g/mol. The fourth-order valence-corrected chi connectivity index (χ4v) is 5.12. The zero-order valence-electron chi connectivity index (χ0n) is 21.0. The fraction of sp³-hybridized carbons (Fsp3) is 0.480. The molecule has 2 amide bonds. The molecular weight excluding hydrogens is 476 g/mol. The highest BCUT2D eigenvalue weighted by Gasteiger charge is 2.45. The number of fused-ring (bicyclic) bond motifs is 1. The van der Waals surface area contributed by atoms with Gasteiger partial charge in [0.15, 0.2) is 0 Å². The van der Waals surface area contributed by atoms with E-state index in [2.05, 4.69) is 30.8 Å². The van der Waals surface area contributed by atoms with Crippen LogP contribution in [-0.2, 0) is 6.42 Å². The van der Waals surface area contributed by atoms with Gasteiger partial charge in [-0.2, -0.15) is 10.2 Å². The van der Waals surface area contributed by atoms with Crippen molar-refractivity contribution in [3.05, 3.63) is 35.3 Å². The molecule has 4 heterocycles. The van der Waals surface area contributed by atoms with Crippen molar-refractivity contribution < 1.29 is 18.7 Å². The second kappa shape index (κ2) is 10.0. The van der Waals surface area contributed by atoms with Gasteiger partial charge in [-0.3, -0.25) is 9.59 Å². The number of furan rings is 1. The summed E-state index contributed by atoms with van der Waals surface area (Å²) < 4.78 is 11.4. The number of ether oxygens (including phenoxy) is 1. The number of carbonyl (C=O) groups excluding carboxylic acids is 2. The number of pyridine rings is 1. The average Bonchev–Trinajstić information content (AvgIpc) is 3.32. The van der Waals surface area contributed by atoms with Crippen molar-refractivity contribution >= 4 is 29.3 Å². The van der Waals surface area contributed by atoms with E-state index in [0.29, 0.717) is 68.1 Å². The Morgan fingerprint density at radius 3 is 2.76 bits per heavy atom. The Labute approximate surface area is 214 Å². The molecule has 0 aromatic carbocycles. The molecule has 194 valence electrons. The number of piperazine rings is 1. The van der Waals surface area contributed by atoms with Gasteiger partial charge in [0, 0.05) is 45.2 Å². The van der Waals surface area contributed by atoms with E-state index < -0.39 is 5.91 Å². The van der Waals surface area contributed by atoms with Crippen LogP contribution in [0.4, 0.5) is 11.5 Å². The number of guanidine groups is 1. The van der Waals surface area contributed by atoms with Crippen molar-refractivity contribution in [1.82, 2.24) is 20.5 Å². The summed E-state index contributed by atoms with van der Waals surface area (Å²) in [5, 5.41) is 17.7. The maximum absolute atomic E-state index is 13.2. The number of nitrogens with one attached hydrogen (secondary N) is 3. The monoisotopic (exact) mass is 506 g/mol. The molecule has 5 rings (SSSR count). The molecule has 3 N–H and O–H groups in total. The molecule has 1 spiro atoms. The van der Waals surface area contributed by atoms with Crippen LogP contribution in [0.25, 0.3) is 0 Å². The summed E-state index contributed by atoms with van der Waals surface area (Å²) in [6.45, 7) is 4.90. The van der Waals surface area contributed by atoms with Crippen LogP contribution in [-0.4, -0.2) is 73.0 Å². The lowest BCUT2D eigenvalue weighted by atomic mass is 9.71. The summed E-state index contributed by atoms with van der Waals surface area (Å²) in [7, 11) is 1.74. The standard InChI is InChI=1S/C25H30N8O4/c1-3-36-23-17(5-6-19(30-23)32-9-11-33(12-10-32)24(27-2)28-15-26)29-21(34)16-14-37-18-13-25(7-4-8-25)31-22(35)20(16)18/h5-6,14H,3-4,7-13H2,1-2H3,(H,27,28)(H,29,34)(H,31,35). The lowest BCUT2D eigenvalue weighted by Gasteiger charge is -2.44. The molecule has 2 aliphatic heterocycles. The van der Waals surface area contributed by atoms with E-state index in [1.807, 2.05) is 24.1 Å². The van der Waals surface area contributed by atoms with E-state index in [4.69, 9.17) is 14.4 Å². The summed E-state index contributed by atoms with van der Waals surface area (Å²) in [5.41, 5.74) is 0.690. The maximum atomic E-state index is 13.2. The Morgan fingerprint density at radius 2 is 2.11 bits per heavy atom. The first kappa shape index (κ1) is 24.4. The Bertz CT molecular complexity index is 1270. The van der Waals surface area contributed by atoms with Crippen LogP contribution >= 0.6 is 0 Å². The minimum absolute atomic E-state index is 0.198. The molecule has 12 heteroatoms. The third-order valence-corrected chi connectivity index (χ3v) is 7.18. The molecular formula is C25H30N8O4. The number of aromatic nitrogens is 1.